The number of hydrogen-bond donors (Lipinski definition) is 0. The summed E-state index contributed by atoms with van der Waals surface area (Å²) in [5.74, 6) is 0.159. The molecule has 3 aromatic rings. The SMILES string of the molecule is O=C(C1CC1)n1ncc(Sc2ccc(Cl)cc2)c1-c1ccc(Cl)cc1. The molecule has 6 heteroatoms. The molecule has 1 heterocycles. The highest BCUT2D eigenvalue weighted by Gasteiger charge is 2.33. The van der Waals surface area contributed by atoms with Gasteiger partial charge in [-0.2, -0.15) is 9.78 Å². The van der Waals surface area contributed by atoms with Crippen LogP contribution in [0.3, 0.4) is 0 Å². The van der Waals surface area contributed by atoms with Crippen molar-refractivity contribution >= 4 is 40.9 Å². The van der Waals surface area contributed by atoms with Gasteiger partial charge in [0.1, 0.15) is 0 Å². The van der Waals surface area contributed by atoms with Crippen LogP contribution in [0, 0.1) is 5.92 Å². The summed E-state index contributed by atoms with van der Waals surface area (Å²) in [4.78, 5) is 14.6. The second kappa shape index (κ2) is 6.87. The Morgan fingerprint density at radius 3 is 2.20 bits per heavy atom. The number of hydrogen-bond acceptors (Lipinski definition) is 3. The van der Waals surface area contributed by atoms with E-state index in [-0.39, 0.29) is 11.8 Å². The van der Waals surface area contributed by atoms with Gasteiger partial charge in [0.15, 0.2) is 0 Å². The molecule has 0 bridgehead atoms. The predicted octanol–water partition coefficient (Wildman–Crippen LogP) is 6.06. The topological polar surface area (TPSA) is 34.9 Å². The molecule has 0 N–H and O–H groups in total. The largest absolute Gasteiger partial charge is 0.272 e. The van der Waals surface area contributed by atoms with E-state index < -0.39 is 0 Å². The second-order valence-corrected chi connectivity index (χ2v) is 7.93. The highest BCUT2D eigenvalue weighted by atomic mass is 35.5. The van der Waals surface area contributed by atoms with E-state index in [4.69, 9.17) is 23.2 Å². The predicted molar refractivity (Wildman–Crippen MR) is 102 cm³/mol. The maximum atomic E-state index is 12.6. The molecule has 0 radical (unpaired) electrons. The maximum absolute atomic E-state index is 12.6. The van der Waals surface area contributed by atoms with Crippen molar-refractivity contribution < 1.29 is 4.79 Å². The number of carbonyl (C=O) groups is 1. The molecule has 25 heavy (non-hydrogen) atoms. The number of halogens is 2. The third kappa shape index (κ3) is 3.61. The normalized spacial score (nSPS) is 13.8. The molecule has 0 spiro atoms. The summed E-state index contributed by atoms with van der Waals surface area (Å²) in [5, 5.41) is 5.74. The van der Waals surface area contributed by atoms with Crippen LogP contribution in [0.15, 0.2) is 64.5 Å². The average molecular weight is 389 g/mol. The van der Waals surface area contributed by atoms with Crippen LogP contribution in [0.25, 0.3) is 11.3 Å². The Balaban J connectivity index is 1.76. The molecule has 3 nitrogen and oxygen atoms in total. The molecule has 126 valence electrons. The molecule has 0 aliphatic heterocycles. The van der Waals surface area contributed by atoms with Gasteiger partial charge in [-0.3, -0.25) is 4.79 Å². The summed E-state index contributed by atoms with van der Waals surface area (Å²) in [6, 6.07) is 15.1. The lowest BCUT2D eigenvalue weighted by Gasteiger charge is -2.09. The van der Waals surface area contributed by atoms with Gasteiger partial charge in [0.25, 0.3) is 5.91 Å². The fraction of sp³-hybridized carbons (Fsp3) is 0.158. The lowest BCUT2D eigenvalue weighted by Crippen LogP contribution is -2.15. The van der Waals surface area contributed by atoms with Crippen molar-refractivity contribution in [3.8, 4) is 11.3 Å². The molecule has 2 aromatic carbocycles. The van der Waals surface area contributed by atoms with Crippen LogP contribution in [-0.2, 0) is 0 Å². The zero-order chi connectivity index (χ0) is 17.4. The number of benzene rings is 2. The summed E-state index contributed by atoms with van der Waals surface area (Å²) in [7, 11) is 0. The fourth-order valence-electron chi connectivity index (χ4n) is 2.58. The van der Waals surface area contributed by atoms with Crippen molar-refractivity contribution in [2.45, 2.75) is 22.6 Å². The number of nitrogens with zero attached hydrogens (tertiary/aromatic N) is 2. The van der Waals surface area contributed by atoms with Crippen LogP contribution in [0.4, 0.5) is 0 Å². The van der Waals surface area contributed by atoms with Gasteiger partial charge in [-0.05, 0) is 49.2 Å². The Labute approximate surface area is 159 Å². The van der Waals surface area contributed by atoms with Crippen molar-refractivity contribution in [3.05, 3.63) is 64.8 Å². The molecule has 1 saturated carbocycles. The minimum absolute atomic E-state index is 0.0629. The van der Waals surface area contributed by atoms with Gasteiger partial charge in [-0.25, -0.2) is 0 Å². The fourth-order valence-corrected chi connectivity index (χ4v) is 3.76. The zero-order valence-electron chi connectivity index (χ0n) is 13.2. The number of rotatable bonds is 4. The summed E-state index contributed by atoms with van der Waals surface area (Å²) in [6.45, 7) is 0. The third-order valence-corrected chi connectivity index (χ3v) is 5.56. The Morgan fingerprint density at radius 2 is 1.60 bits per heavy atom. The molecule has 0 amide bonds. The summed E-state index contributed by atoms with van der Waals surface area (Å²) >= 11 is 13.5. The van der Waals surface area contributed by atoms with Gasteiger partial charge in [0, 0.05) is 26.4 Å². The van der Waals surface area contributed by atoms with E-state index in [1.807, 2.05) is 48.5 Å². The first-order valence-electron chi connectivity index (χ1n) is 7.93. The molecule has 1 aliphatic rings. The van der Waals surface area contributed by atoms with Crippen molar-refractivity contribution in [2.75, 3.05) is 0 Å². The second-order valence-electron chi connectivity index (χ2n) is 5.94. The highest BCUT2D eigenvalue weighted by molar-refractivity contribution is 7.99. The van der Waals surface area contributed by atoms with Gasteiger partial charge in [0.2, 0.25) is 0 Å². The molecule has 1 aliphatic carbocycles. The van der Waals surface area contributed by atoms with Crippen LogP contribution in [0.2, 0.25) is 10.0 Å². The lowest BCUT2D eigenvalue weighted by molar-refractivity contribution is 0.0872. The quantitative estimate of drug-likeness (QED) is 0.544. The molecule has 0 saturated heterocycles. The van der Waals surface area contributed by atoms with E-state index in [9.17, 15) is 4.79 Å². The standard InChI is InChI=1S/C19H14Cl2N2OS/c20-14-5-3-12(4-6-14)18-17(25-16-9-7-15(21)8-10-16)11-22-23(18)19(24)13-1-2-13/h3-11,13H,1-2H2. The van der Waals surface area contributed by atoms with Gasteiger partial charge >= 0.3 is 0 Å². The molecular formula is C19H14Cl2N2OS. The van der Waals surface area contributed by atoms with Crippen LogP contribution in [-0.4, -0.2) is 15.7 Å². The third-order valence-electron chi connectivity index (χ3n) is 4.03. The minimum atomic E-state index is 0.0629. The Bertz CT molecular complexity index is 916. The van der Waals surface area contributed by atoms with Gasteiger partial charge < -0.3 is 0 Å². The molecule has 4 rings (SSSR count). The summed E-state index contributed by atoms with van der Waals surface area (Å²) in [6.07, 6.45) is 3.64. The molecule has 1 aromatic heterocycles. The Kier molecular flexibility index (Phi) is 4.59. The van der Waals surface area contributed by atoms with Gasteiger partial charge in [-0.1, -0.05) is 47.1 Å². The average Bonchev–Trinajstić information content (AvgIpc) is 3.38. The monoisotopic (exact) mass is 388 g/mol. The molecule has 0 atom stereocenters. The van der Waals surface area contributed by atoms with Gasteiger partial charge in [0.05, 0.1) is 16.8 Å². The lowest BCUT2D eigenvalue weighted by atomic mass is 10.1. The number of aromatic nitrogens is 2. The van der Waals surface area contributed by atoms with Crippen LogP contribution in [0.1, 0.15) is 17.6 Å². The first-order valence-corrected chi connectivity index (χ1v) is 9.50. The van der Waals surface area contributed by atoms with E-state index in [1.54, 1.807) is 22.6 Å². The summed E-state index contributed by atoms with van der Waals surface area (Å²) < 4.78 is 1.54. The molecule has 1 fully saturated rings. The Morgan fingerprint density at radius 1 is 1.00 bits per heavy atom. The summed E-state index contributed by atoms with van der Waals surface area (Å²) in [5.41, 5.74) is 1.74. The molecular weight excluding hydrogens is 375 g/mol. The highest BCUT2D eigenvalue weighted by Crippen LogP contribution is 2.39. The Hall–Kier alpha value is -1.75. The van der Waals surface area contributed by atoms with Crippen molar-refractivity contribution in [3.63, 3.8) is 0 Å². The van der Waals surface area contributed by atoms with E-state index >= 15 is 0 Å². The smallest absolute Gasteiger partial charge is 0.250 e. The first-order chi connectivity index (χ1) is 12.1. The maximum Gasteiger partial charge on any atom is 0.250 e. The van der Waals surface area contributed by atoms with Crippen LogP contribution in [0.5, 0.6) is 0 Å². The van der Waals surface area contributed by atoms with E-state index in [0.717, 1.165) is 33.9 Å². The van der Waals surface area contributed by atoms with Crippen LogP contribution < -0.4 is 0 Å². The van der Waals surface area contributed by atoms with Crippen molar-refractivity contribution in [1.29, 1.82) is 0 Å². The van der Waals surface area contributed by atoms with Gasteiger partial charge in [-0.15, -0.1) is 0 Å². The van der Waals surface area contributed by atoms with E-state index in [1.165, 1.54) is 0 Å². The van der Waals surface area contributed by atoms with Crippen molar-refractivity contribution in [2.24, 2.45) is 5.92 Å². The van der Waals surface area contributed by atoms with Crippen molar-refractivity contribution in [1.82, 2.24) is 9.78 Å². The molecule has 0 unspecified atom stereocenters. The first kappa shape index (κ1) is 16.7. The zero-order valence-corrected chi connectivity index (χ0v) is 15.5. The minimum Gasteiger partial charge on any atom is -0.272 e. The van der Waals surface area contributed by atoms with E-state index in [0.29, 0.717) is 10.0 Å². The van der Waals surface area contributed by atoms with Crippen LogP contribution >= 0.6 is 35.0 Å². The van der Waals surface area contributed by atoms with E-state index in [2.05, 4.69) is 5.10 Å². The number of carbonyl (C=O) groups excluding carboxylic acids is 1.